The molecule has 0 aromatic heterocycles. The van der Waals surface area contributed by atoms with Gasteiger partial charge in [-0.2, -0.15) is 0 Å². The quantitative estimate of drug-likeness (QED) is 0.816. The van der Waals surface area contributed by atoms with Gasteiger partial charge < -0.3 is 11.1 Å². The lowest BCUT2D eigenvalue weighted by Gasteiger charge is -2.16. The van der Waals surface area contributed by atoms with Gasteiger partial charge in [-0.05, 0) is 47.9 Å². The zero-order chi connectivity index (χ0) is 18.9. The van der Waals surface area contributed by atoms with Crippen molar-refractivity contribution in [2.24, 2.45) is 5.73 Å². The number of hydrogen-bond donors (Lipinski definition) is 2. The fourth-order valence-electron chi connectivity index (χ4n) is 2.93. The standard InChI is InChI=1S/C18H19N3O4S/c1-26(24,25)21-9-8-14-10-15(6-7-16(14)21)18(23)20-11-12-2-4-13(5-3-12)17(19)22/h2-7,10H,8-9,11H2,1H3,(H2,19,22)(H,20,23). The lowest BCUT2D eigenvalue weighted by Crippen LogP contribution is -2.27. The molecule has 0 bridgehead atoms. The van der Waals surface area contributed by atoms with Crippen LogP contribution in [-0.4, -0.2) is 33.0 Å². The maximum Gasteiger partial charge on any atom is 0.251 e. The average molecular weight is 373 g/mol. The number of nitrogens with zero attached hydrogens (tertiary/aromatic N) is 1. The van der Waals surface area contributed by atoms with Gasteiger partial charge in [-0.3, -0.25) is 13.9 Å². The smallest absolute Gasteiger partial charge is 0.251 e. The summed E-state index contributed by atoms with van der Waals surface area (Å²) in [5.41, 5.74) is 8.40. The number of fused-ring (bicyclic) bond motifs is 1. The minimum absolute atomic E-state index is 0.246. The van der Waals surface area contributed by atoms with E-state index in [4.69, 9.17) is 5.73 Å². The molecule has 7 nitrogen and oxygen atoms in total. The monoisotopic (exact) mass is 373 g/mol. The summed E-state index contributed by atoms with van der Waals surface area (Å²) < 4.78 is 24.9. The lowest BCUT2D eigenvalue weighted by molar-refractivity contribution is 0.0949. The second-order valence-corrected chi connectivity index (χ2v) is 8.08. The Balaban J connectivity index is 1.68. The van der Waals surface area contributed by atoms with Crippen molar-refractivity contribution in [3.63, 3.8) is 0 Å². The number of carbonyl (C=O) groups is 2. The highest BCUT2D eigenvalue weighted by Crippen LogP contribution is 2.30. The first-order valence-corrected chi connectivity index (χ1v) is 9.88. The molecule has 1 aliphatic rings. The molecule has 0 spiro atoms. The van der Waals surface area contributed by atoms with Crippen molar-refractivity contribution >= 4 is 27.5 Å². The van der Waals surface area contributed by atoms with E-state index in [0.29, 0.717) is 36.3 Å². The van der Waals surface area contributed by atoms with Crippen LogP contribution in [-0.2, 0) is 23.0 Å². The highest BCUT2D eigenvalue weighted by Gasteiger charge is 2.26. The van der Waals surface area contributed by atoms with Crippen LogP contribution in [0.2, 0.25) is 0 Å². The topological polar surface area (TPSA) is 110 Å². The predicted octanol–water partition coefficient (Wildman–Crippen LogP) is 1.04. The van der Waals surface area contributed by atoms with Crippen LogP contribution in [0.25, 0.3) is 0 Å². The molecule has 0 saturated heterocycles. The van der Waals surface area contributed by atoms with E-state index < -0.39 is 15.9 Å². The highest BCUT2D eigenvalue weighted by atomic mass is 32.2. The van der Waals surface area contributed by atoms with Crippen LogP contribution in [0.5, 0.6) is 0 Å². The van der Waals surface area contributed by atoms with E-state index in [-0.39, 0.29) is 5.91 Å². The molecule has 3 N–H and O–H groups in total. The van der Waals surface area contributed by atoms with Gasteiger partial charge >= 0.3 is 0 Å². The van der Waals surface area contributed by atoms with Crippen LogP contribution in [0, 0.1) is 0 Å². The largest absolute Gasteiger partial charge is 0.366 e. The third kappa shape index (κ3) is 3.70. The minimum atomic E-state index is -3.31. The molecule has 0 atom stereocenters. The number of nitrogens with two attached hydrogens (primary N) is 1. The molecule has 2 aromatic rings. The summed E-state index contributed by atoms with van der Waals surface area (Å²) in [5.74, 6) is -0.744. The molecule has 0 fully saturated rings. The zero-order valence-electron chi connectivity index (χ0n) is 14.2. The van der Waals surface area contributed by atoms with Gasteiger partial charge in [-0.25, -0.2) is 8.42 Å². The Bertz CT molecular complexity index is 968. The van der Waals surface area contributed by atoms with E-state index in [0.717, 1.165) is 11.1 Å². The van der Waals surface area contributed by atoms with Crippen LogP contribution >= 0.6 is 0 Å². The maximum absolute atomic E-state index is 12.4. The van der Waals surface area contributed by atoms with Gasteiger partial charge in [0.25, 0.3) is 5.91 Å². The number of amides is 2. The summed E-state index contributed by atoms with van der Waals surface area (Å²) in [5, 5.41) is 2.81. The van der Waals surface area contributed by atoms with Gasteiger partial charge in [0.05, 0.1) is 11.9 Å². The molecule has 3 rings (SSSR count). The first-order valence-electron chi connectivity index (χ1n) is 8.03. The second-order valence-electron chi connectivity index (χ2n) is 6.17. The summed E-state index contributed by atoms with van der Waals surface area (Å²) in [6.07, 6.45) is 1.75. The fraction of sp³-hybridized carbons (Fsp3) is 0.222. The van der Waals surface area contributed by atoms with E-state index in [1.54, 1.807) is 42.5 Å². The van der Waals surface area contributed by atoms with Crippen molar-refractivity contribution in [1.29, 1.82) is 0 Å². The molecule has 136 valence electrons. The lowest BCUT2D eigenvalue weighted by atomic mass is 10.1. The summed E-state index contributed by atoms with van der Waals surface area (Å²) in [6, 6.07) is 11.7. The van der Waals surface area contributed by atoms with Crippen molar-refractivity contribution in [2.75, 3.05) is 17.1 Å². The van der Waals surface area contributed by atoms with E-state index in [9.17, 15) is 18.0 Å². The maximum atomic E-state index is 12.4. The summed E-state index contributed by atoms with van der Waals surface area (Å²) in [7, 11) is -3.31. The molecule has 1 aliphatic heterocycles. The Hall–Kier alpha value is -2.87. The number of primary amides is 1. The van der Waals surface area contributed by atoms with Crippen LogP contribution in [0.3, 0.4) is 0 Å². The Morgan fingerprint density at radius 1 is 1.12 bits per heavy atom. The number of hydrogen-bond acceptors (Lipinski definition) is 4. The average Bonchev–Trinajstić information content (AvgIpc) is 3.03. The summed E-state index contributed by atoms with van der Waals surface area (Å²) in [4.78, 5) is 23.4. The molecule has 2 amide bonds. The van der Waals surface area contributed by atoms with Gasteiger partial charge in [-0.1, -0.05) is 12.1 Å². The Labute approximate surface area is 151 Å². The summed E-state index contributed by atoms with van der Waals surface area (Å²) in [6.45, 7) is 0.704. The van der Waals surface area contributed by atoms with Crippen molar-refractivity contribution < 1.29 is 18.0 Å². The molecular weight excluding hydrogens is 354 g/mol. The molecular formula is C18H19N3O4S. The molecule has 8 heteroatoms. The predicted molar refractivity (Wildman–Crippen MR) is 98.5 cm³/mol. The number of sulfonamides is 1. The summed E-state index contributed by atoms with van der Waals surface area (Å²) >= 11 is 0. The normalized spacial score (nSPS) is 13.3. The molecule has 0 radical (unpaired) electrons. The minimum Gasteiger partial charge on any atom is -0.366 e. The van der Waals surface area contributed by atoms with E-state index >= 15 is 0 Å². The number of rotatable bonds is 5. The number of nitrogens with one attached hydrogen (secondary N) is 1. The van der Waals surface area contributed by atoms with Gasteiger partial charge in [-0.15, -0.1) is 0 Å². The van der Waals surface area contributed by atoms with Crippen LogP contribution in [0.4, 0.5) is 5.69 Å². The Morgan fingerprint density at radius 2 is 1.77 bits per heavy atom. The number of anilines is 1. The number of carbonyl (C=O) groups excluding carboxylic acids is 2. The Kier molecular flexibility index (Phi) is 4.69. The molecule has 2 aromatic carbocycles. The third-order valence-corrected chi connectivity index (χ3v) is 5.47. The molecule has 0 aliphatic carbocycles. The van der Waals surface area contributed by atoms with Crippen LogP contribution in [0.15, 0.2) is 42.5 Å². The van der Waals surface area contributed by atoms with Crippen molar-refractivity contribution in [3.8, 4) is 0 Å². The van der Waals surface area contributed by atoms with Gasteiger partial charge in [0.15, 0.2) is 0 Å². The Morgan fingerprint density at radius 3 is 2.38 bits per heavy atom. The van der Waals surface area contributed by atoms with Crippen LogP contribution < -0.4 is 15.4 Å². The SMILES string of the molecule is CS(=O)(=O)N1CCc2cc(C(=O)NCc3ccc(C(N)=O)cc3)ccc21. The molecule has 0 saturated carbocycles. The first-order chi connectivity index (χ1) is 12.3. The zero-order valence-corrected chi connectivity index (χ0v) is 15.0. The fourth-order valence-corrected chi connectivity index (χ4v) is 3.89. The van der Waals surface area contributed by atoms with Crippen molar-refractivity contribution in [3.05, 3.63) is 64.7 Å². The molecule has 0 unspecified atom stereocenters. The van der Waals surface area contributed by atoms with Crippen molar-refractivity contribution in [2.45, 2.75) is 13.0 Å². The third-order valence-electron chi connectivity index (χ3n) is 4.29. The molecule has 26 heavy (non-hydrogen) atoms. The molecule has 1 heterocycles. The first kappa shape index (κ1) is 17.9. The van der Waals surface area contributed by atoms with E-state index in [1.807, 2.05) is 0 Å². The van der Waals surface area contributed by atoms with E-state index in [2.05, 4.69) is 5.32 Å². The van der Waals surface area contributed by atoms with E-state index in [1.165, 1.54) is 10.6 Å². The number of benzene rings is 2. The van der Waals surface area contributed by atoms with Gasteiger partial charge in [0, 0.05) is 24.2 Å². The van der Waals surface area contributed by atoms with Crippen molar-refractivity contribution in [1.82, 2.24) is 5.32 Å². The van der Waals surface area contributed by atoms with Gasteiger partial charge in [0.1, 0.15) is 0 Å². The van der Waals surface area contributed by atoms with Crippen LogP contribution in [0.1, 0.15) is 31.8 Å². The van der Waals surface area contributed by atoms with Gasteiger partial charge in [0.2, 0.25) is 15.9 Å². The second kappa shape index (κ2) is 6.80. The highest BCUT2D eigenvalue weighted by molar-refractivity contribution is 7.92.